The van der Waals surface area contributed by atoms with Crippen LogP contribution in [0.25, 0.3) is 0 Å². The van der Waals surface area contributed by atoms with Crippen molar-refractivity contribution < 1.29 is 102 Å². The van der Waals surface area contributed by atoms with Crippen LogP contribution in [-0.4, -0.2) is 142 Å². The summed E-state index contributed by atoms with van der Waals surface area (Å²) < 4.78 is 22.0. The Kier molecular flexibility index (Phi) is 40.9. The predicted octanol–water partition coefficient (Wildman–Crippen LogP) is 0.813. The molecule has 27 heteroatoms. The lowest BCUT2D eigenvalue weighted by Crippen LogP contribution is -2.45. The summed E-state index contributed by atoms with van der Waals surface area (Å²) in [6.07, 6.45) is 1.75. The number of hydrogen-bond donors (Lipinski definition) is 13. The van der Waals surface area contributed by atoms with E-state index in [1.165, 1.54) is 6.92 Å². The van der Waals surface area contributed by atoms with Gasteiger partial charge in [0, 0.05) is 56.5 Å². The molecule has 0 saturated heterocycles. The number of carbonyl (C=O) groups excluding carboxylic acids is 4. The first-order valence-corrected chi connectivity index (χ1v) is 22.8. The quantitative estimate of drug-likeness (QED) is 0.0507. The van der Waals surface area contributed by atoms with Crippen LogP contribution in [0, 0.1) is 17.8 Å². The summed E-state index contributed by atoms with van der Waals surface area (Å²) in [5, 5.41) is 55.5. The second kappa shape index (κ2) is 38.1. The van der Waals surface area contributed by atoms with Crippen molar-refractivity contribution in [3.8, 4) is 0 Å². The van der Waals surface area contributed by atoms with Crippen LogP contribution < -0.4 is 22.1 Å². The van der Waals surface area contributed by atoms with Crippen molar-refractivity contribution in [3.05, 3.63) is 0 Å². The third-order valence-corrected chi connectivity index (χ3v) is 10.9. The third-order valence-electron chi connectivity index (χ3n) is 7.58. The summed E-state index contributed by atoms with van der Waals surface area (Å²) in [6, 6.07) is -1.71. The molecule has 0 radical (unpaired) electrons. The number of aliphatic carboxylic acids is 6. The molecular weight excluding hydrogens is 874 g/mol. The Hall–Kier alpha value is -4.60. The van der Waals surface area contributed by atoms with E-state index in [9.17, 15) is 52.4 Å². The van der Waals surface area contributed by atoms with Gasteiger partial charge in [0.25, 0.3) is 0 Å². The highest BCUT2D eigenvalue weighted by Crippen LogP contribution is 2.43. The minimum atomic E-state index is -3.97. The van der Waals surface area contributed by atoms with Crippen molar-refractivity contribution in [2.45, 2.75) is 123 Å². The average Bonchev–Trinajstić information content (AvgIpc) is 3.10. The van der Waals surface area contributed by atoms with Crippen molar-refractivity contribution in [1.82, 2.24) is 10.6 Å². The van der Waals surface area contributed by atoms with Crippen molar-refractivity contribution >= 4 is 68.7 Å². The maximum atomic E-state index is 11.6. The highest BCUT2D eigenvalue weighted by atomic mass is 31.2. The summed E-state index contributed by atoms with van der Waals surface area (Å²) in [4.78, 5) is 127. The number of nitrogens with two attached hydrogens (primary N) is 2. The molecule has 0 spiro atoms. The van der Waals surface area contributed by atoms with E-state index in [1.54, 1.807) is 27.7 Å². The smallest absolute Gasteiger partial charge is 0.373 e. The van der Waals surface area contributed by atoms with Crippen LogP contribution in [0.15, 0.2) is 0 Å². The Bertz CT molecular complexity index is 1500. The van der Waals surface area contributed by atoms with E-state index in [0.29, 0.717) is 32.2 Å². The molecule has 0 aromatic rings. The zero-order chi connectivity index (χ0) is 49.8. The Morgan fingerprint density at radius 2 is 0.968 bits per heavy atom. The predicted molar refractivity (Wildman–Crippen MR) is 218 cm³/mol. The molecule has 3 unspecified atom stereocenters. The minimum absolute atomic E-state index is 0.0179. The lowest BCUT2D eigenvalue weighted by atomic mass is 10.1. The molecular formula is C35H66N4O21P2. The molecule has 7 atom stereocenters. The number of amides is 2. The highest BCUT2D eigenvalue weighted by Gasteiger charge is 2.22. The highest BCUT2D eigenvalue weighted by molar-refractivity contribution is 7.58. The van der Waals surface area contributed by atoms with E-state index < -0.39 is 75.1 Å². The number of carbonyl (C=O) groups is 8. The topological polar surface area (TPSA) is 463 Å². The third kappa shape index (κ3) is 55.4. The molecule has 2 amide bonds. The van der Waals surface area contributed by atoms with Crippen LogP contribution in [0.5, 0.6) is 0 Å². The van der Waals surface area contributed by atoms with Gasteiger partial charge in [-0.05, 0) is 64.3 Å². The molecule has 0 aliphatic rings. The molecule has 15 N–H and O–H groups in total. The molecule has 0 fully saturated rings. The molecule has 0 rings (SSSR count). The molecule has 25 nitrogen and oxygen atoms in total. The first-order valence-electron chi connectivity index (χ1n) is 19.0. The van der Waals surface area contributed by atoms with Gasteiger partial charge in [0.05, 0.1) is 24.5 Å². The number of nitrogens with one attached hydrogen (secondary N) is 2. The van der Waals surface area contributed by atoms with Crippen molar-refractivity contribution in [3.63, 3.8) is 0 Å². The zero-order valence-corrected chi connectivity index (χ0v) is 37.3. The van der Waals surface area contributed by atoms with Gasteiger partial charge in [-0.3, -0.25) is 47.5 Å². The van der Waals surface area contributed by atoms with Gasteiger partial charge in [-0.15, -0.1) is 0 Å². The van der Waals surface area contributed by atoms with Crippen LogP contribution in [-0.2, 0) is 57.1 Å². The normalized spacial score (nSPS) is 14.2. The van der Waals surface area contributed by atoms with E-state index in [1.807, 2.05) is 0 Å². The molecule has 0 saturated carbocycles. The molecule has 0 aliphatic carbocycles. The Morgan fingerprint density at radius 1 is 0.597 bits per heavy atom. The number of rotatable bonds is 27. The van der Waals surface area contributed by atoms with Crippen molar-refractivity contribution in [1.29, 1.82) is 0 Å². The van der Waals surface area contributed by atoms with Crippen LogP contribution in [0.3, 0.4) is 0 Å². The van der Waals surface area contributed by atoms with Gasteiger partial charge in [0.1, 0.15) is 0 Å². The van der Waals surface area contributed by atoms with E-state index in [0.717, 1.165) is 0 Å². The van der Waals surface area contributed by atoms with E-state index >= 15 is 0 Å². The molecule has 0 aromatic carbocycles. The maximum absolute atomic E-state index is 11.6. The molecule has 0 aromatic heterocycles. The van der Waals surface area contributed by atoms with Crippen LogP contribution in [0.4, 0.5) is 0 Å². The lowest BCUT2D eigenvalue weighted by Gasteiger charge is -2.15. The van der Waals surface area contributed by atoms with Gasteiger partial charge in [-0.1, -0.05) is 20.8 Å². The first-order chi connectivity index (χ1) is 28.2. The van der Waals surface area contributed by atoms with Gasteiger partial charge in [-0.2, -0.15) is 9.59 Å². The SMILES string of the molecule is CC(CCC(=O)O)CP(=O)(O)CCCN.CC(CCC(=O)O)CP(=O)(O)O.C[C@@H](CCC(=O)O)NC(=O)C[C@H](C)C(=O)O.C[C@@H](CCC(=O)O)NC(=O)[C@@H](N)CC(=O)O.O=C=O. The Labute approximate surface area is 359 Å². The lowest BCUT2D eigenvalue weighted by molar-refractivity contribution is -0.192. The largest absolute Gasteiger partial charge is 0.481 e. The van der Waals surface area contributed by atoms with E-state index in [4.69, 9.17) is 61.5 Å². The zero-order valence-electron chi connectivity index (χ0n) is 35.5. The Morgan fingerprint density at radius 3 is 1.31 bits per heavy atom. The molecule has 62 heavy (non-hydrogen) atoms. The fraction of sp³-hybridized carbons (Fsp3) is 0.743. The minimum Gasteiger partial charge on any atom is -0.481 e. The van der Waals surface area contributed by atoms with Gasteiger partial charge in [-0.25, -0.2) is 0 Å². The number of carboxylic acid groups (broad SMARTS) is 6. The summed E-state index contributed by atoms with van der Waals surface area (Å²) in [6.45, 7) is 8.61. The van der Waals surface area contributed by atoms with E-state index in [-0.39, 0.29) is 93.0 Å². The molecule has 362 valence electrons. The van der Waals surface area contributed by atoms with Crippen molar-refractivity contribution in [2.24, 2.45) is 29.2 Å². The van der Waals surface area contributed by atoms with E-state index in [2.05, 4.69) is 10.6 Å². The second-order valence-corrected chi connectivity index (χ2v) is 18.5. The average molecular weight is 941 g/mol. The number of carboxylic acids is 6. The second-order valence-electron chi connectivity index (χ2n) is 14.3. The van der Waals surface area contributed by atoms with Gasteiger partial charge < -0.3 is 67.4 Å². The summed E-state index contributed by atoms with van der Waals surface area (Å²) in [5.74, 6) is -7.80. The van der Waals surface area contributed by atoms with Crippen LogP contribution in [0.2, 0.25) is 0 Å². The van der Waals surface area contributed by atoms with Gasteiger partial charge >= 0.3 is 49.6 Å². The van der Waals surface area contributed by atoms with Crippen molar-refractivity contribution in [2.75, 3.05) is 25.0 Å². The monoisotopic (exact) mass is 940 g/mol. The fourth-order valence-corrected chi connectivity index (χ4v) is 7.41. The van der Waals surface area contributed by atoms with Gasteiger partial charge in [0.2, 0.25) is 19.2 Å². The standard InChI is InChI=1S/C10H17NO5.C9H16N2O5.C9H20NO4P.C6H13O5P.CO2/c1-6(10(15)16)5-8(12)11-7(2)3-4-9(13)14;1-5(2-3-7(12)13)11-9(16)6(10)4-8(14)15;1-8(3-4-9(11)12)7-15(13,14)6-2-5-10;1-5(2-3-6(7)8)4-12(9,10)11;2-1-3/h6-7H,3-5H2,1-2H3,(H,11,12)(H,13,14)(H,15,16);5-6H,2-4,10H2,1H3,(H,11,16)(H,12,13)(H,14,15);8H,2-7,10H2,1H3,(H,11,12)(H,13,14);5H,2-4H2,1H3,(H,7,8)(H2,9,10,11);/t6-,7-;5-,6-;;;/m00.../s1. The van der Waals surface area contributed by atoms with Gasteiger partial charge in [0.15, 0.2) is 0 Å². The molecule has 0 aliphatic heterocycles. The maximum Gasteiger partial charge on any atom is 0.373 e. The van der Waals surface area contributed by atoms with Crippen LogP contribution in [0.1, 0.15) is 105 Å². The fourth-order valence-electron chi connectivity index (χ4n) is 4.40. The first kappa shape index (κ1) is 66.5. The summed E-state index contributed by atoms with van der Waals surface area (Å²) in [5.41, 5.74) is 10.6. The Balaban J connectivity index is -0.000000229. The molecule has 0 heterocycles. The summed E-state index contributed by atoms with van der Waals surface area (Å²) >= 11 is 0. The number of hydrogen-bond acceptors (Lipinski definition) is 14. The molecule has 0 bridgehead atoms. The summed E-state index contributed by atoms with van der Waals surface area (Å²) in [7, 11) is -7.07. The van der Waals surface area contributed by atoms with Crippen LogP contribution >= 0.6 is 15.0 Å².